The van der Waals surface area contributed by atoms with Crippen molar-refractivity contribution in [3.63, 3.8) is 0 Å². The molecule has 0 heterocycles. The number of sulfonamides is 1. The monoisotopic (exact) mass is 653 g/mol. The predicted molar refractivity (Wildman–Crippen MR) is 165 cm³/mol. The molecule has 43 heavy (non-hydrogen) atoms. The van der Waals surface area contributed by atoms with Crippen LogP contribution < -0.4 is 19.1 Å². The lowest BCUT2D eigenvalue weighted by Crippen LogP contribution is -2.51. The summed E-state index contributed by atoms with van der Waals surface area (Å²) in [5.74, 6) is -1.07. The molecule has 0 spiro atoms. The average Bonchev–Trinajstić information content (AvgIpc) is 2.98. The lowest BCUT2D eigenvalue weighted by atomic mass is 10.1. The van der Waals surface area contributed by atoms with Crippen LogP contribution in [0.5, 0.6) is 11.5 Å². The van der Waals surface area contributed by atoms with Crippen molar-refractivity contribution in [2.75, 3.05) is 31.6 Å². The third-order valence-electron chi connectivity index (χ3n) is 6.53. The molecule has 0 aromatic heterocycles. The minimum Gasteiger partial charge on any atom is -0.493 e. The molecule has 0 aliphatic heterocycles. The van der Waals surface area contributed by atoms with Crippen LogP contribution in [0.2, 0.25) is 10.0 Å². The van der Waals surface area contributed by atoms with Gasteiger partial charge in [-0.05, 0) is 66.9 Å². The first-order valence-electron chi connectivity index (χ1n) is 13.3. The maximum Gasteiger partial charge on any atom is 0.264 e. The molecule has 3 rings (SSSR count). The van der Waals surface area contributed by atoms with E-state index in [1.54, 1.807) is 25.1 Å². The maximum absolute atomic E-state index is 14.0. The number of rotatable bonds is 13. The predicted octanol–water partition coefficient (Wildman–Crippen LogP) is 5.53. The van der Waals surface area contributed by atoms with Gasteiger partial charge in [0.2, 0.25) is 11.8 Å². The molecule has 0 unspecified atom stereocenters. The highest BCUT2D eigenvalue weighted by atomic mass is 35.5. The lowest BCUT2D eigenvalue weighted by molar-refractivity contribution is -0.139. The highest BCUT2D eigenvalue weighted by Crippen LogP contribution is 2.32. The van der Waals surface area contributed by atoms with E-state index in [9.17, 15) is 22.4 Å². The number of methoxy groups -OCH3 is 2. The van der Waals surface area contributed by atoms with Gasteiger partial charge in [-0.15, -0.1) is 0 Å². The molecular formula is C30H34Cl2FN3O6S. The zero-order valence-electron chi connectivity index (χ0n) is 24.4. The topological polar surface area (TPSA) is 105 Å². The third-order valence-corrected chi connectivity index (χ3v) is 9.03. The molecule has 9 nitrogen and oxygen atoms in total. The highest BCUT2D eigenvalue weighted by Gasteiger charge is 2.33. The summed E-state index contributed by atoms with van der Waals surface area (Å²) in [5, 5.41) is 3.39. The number of amides is 2. The van der Waals surface area contributed by atoms with E-state index in [4.69, 9.17) is 32.7 Å². The second kappa shape index (κ2) is 14.8. The molecule has 0 radical (unpaired) electrons. The summed E-state index contributed by atoms with van der Waals surface area (Å²) in [6.45, 7) is 5.03. The number of hydrogen-bond donors (Lipinski definition) is 1. The first-order valence-corrected chi connectivity index (χ1v) is 15.5. The second-order valence-corrected chi connectivity index (χ2v) is 12.8. The quantitative estimate of drug-likeness (QED) is 0.260. The van der Waals surface area contributed by atoms with E-state index in [0.29, 0.717) is 22.9 Å². The fraction of sp³-hybridized carbons (Fsp3) is 0.333. The standard InChI is InChI=1S/C30H34Cl2FN3O6S/c1-19(2)16-34-30(38)20(3)35(17-21-6-12-25(31)26(32)14-21)29(37)18-36(23-9-7-22(33)8-10-23)43(39,40)24-11-13-27(41-4)28(15-24)42-5/h6-15,19-20H,16-18H2,1-5H3,(H,34,38)/t20-/m1/s1. The minimum absolute atomic E-state index is 0.0379. The molecule has 3 aromatic rings. The van der Waals surface area contributed by atoms with Crippen LogP contribution in [-0.4, -0.2) is 58.5 Å². The SMILES string of the molecule is COc1ccc(S(=O)(=O)N(CC(=O)N(Cc2ccc(Cl)c(Cl)c2)[C@H](C)C(=O)NCC(C)C)c2ccc(F)cc2)cc1OC. The Morgan fingerprint density at radius 3 is 2.14 bits per heavy atom. The van der Waals surface area contributed by atoms with Gasteiger partial charge in [-0.2, -0.15) is 0 Å². The van der Waals surface area contributed by atoms with Crippen LogP contribution in [-0.2, 0) is 26.2 Å². The maximum atomic E-state index is 14.0. The normalized spacial score (nSPS) is 12.0. The molecule has 1 atom stereocenters. The number of benzene rings is 3. The molecular weight excluding hydrogens is 620 g/mol. The number of nitrogens with one attached hydrogen (secondary N) is 1. The van der Waals surface area contributed by atoms with Crippen molar-refractivity contribution in [1.82, 2.24) is 10.2 Å². The highest BCUT2D eigenvalue weighted by molar-refractivity contribution is 7.92. The second-order valence-electron chi connectivity index (χ2n) is 10.1. The summed E-state index contributed by atoms with van der Waals surface area (Å²) in [4.78, 5) is 28.2. The van der Waals surface area contributed by atoms with Gasteiger partial charge in [0.1, 0.15) is 18.4 Å². The molecule has 1 N–H and O–H groups in total. The van der Waals surface area contributed by atoms with Crippen molar-refractivity contribution in [3.05, 3.63) is 82.1 Å². The number of halogens is 3. The Labute approximate surface area is 261 Å². The van der Waals surface area contributed by atoms with Gasteiger partial charge in [-0.1, -0.05) is 43.1 Å². The van der Waals surface area contributed by atoms with Gasteiger partial charge in [-0.3, -0.25) is 13.9 Å². The average molecular weight is 655 g/mol. The third kappa shape index (κ3) is 8.52. The fourth-order valence-electron chi connectivity index (χ4n) is 4.11. The number of carbonyl (C=O) groups excluding carboxylic acids is 2. The van der Waals surface area contributed by atoms with E-state index < -0.39 is 40.2 Å². The lowest BCUT2D eigenvalue weighted by Gasteiger charge is -2.32. The van der Waals surface area contributed by atoms with Gasteiger partial charge in [0, 0.05) is 19.2 Å². The summed E-state index contributed by atoms with van der Waals surface area (Å²) in [7, 11) is -1.64. The molecule has 0 aliphatic carbocycles. The van der Waals surface area contributed by atoms with Gasteiger partial charge in [0.05, 0.1) is 34.8 Å². The summed E-state index contributed by atoms with van der Waals surface area (Å²) in [5.41, 5.74) is 0.610. The van der Waals surface area contributed by atoms with Gasteiger partial charge < -0.3 is 19.7 Å². The van der Waals surface area contributed by atoms with E-state index in [-0.39, 0.29) is 33.8 Å². The van der Waals surface area contributed by atoms with E-state index in [1.165, 1.54) is 49.5 Å². The van der Waals surface area contributed by atoms with Gasteiger partial charge in [-0.25, -0.2) is 12.8 Å². The van der Waals surface area contributed by atoms with Crippen LogP contribution in [0.4, 0.5) is 10.1 Å². The van der Waals surface area contributed by atoms with Gasteiger partial charge >= 0.3 is 0 Å². The van der Waals surface area contributed by atoms with Crippen molar-refractivity contribution < 1.29 is 31.9 Å². The van der Waals surface area contributed by atoms with E-state index in [1.807, 2.05) is 13.8 Å². The van der Waals surface area contributed by atoms with E-state index >= 15 is 0 Å². The van der Waals surface area contributed by atoms with E-state index in [0.717, 1.165) is 16.4 Å². The van der Waals surface area contributed by atoms with Crippen molar-refractivity contribution in [2.45, 2.75) is 38.3 Å². The van der Waals surface area contributed by atoms with Crippen LogP contribution >= 0.6 is 23.2 Å². The molecule has 0 fully saturated rings. The largest absolute Gasteiger partial charge is 0.493 e. The molecule has 3 aromatic carbocycles. The van der Waals surface area contributed by atoms with Crippen molar-refractivity contribution >= 4 is 50.7 Å². The van der Waals surface area contributed by atoms with Crippen LogP contribution in [0.3, 0.4) is 0 Å². The van der Waals surface area contributed by atoms with Crippen molar-refractivity contribution in [1.29, 1.82) is 0 Å². The van der Waals surface area contributed by atoms with Crippen LogP contribution in [0, 0.1) is 11.7 Å². The Morgan fingerprint density at radius 2 is 1.56 bits per heavy atom. The Bertz CT molecular complexity index is 1550. The Hall–Kier alpha value is -3.54. The zero-order chi connectivity index (χ0) is 31.9. The fourth-order valence-corrected chi connectivity index (χ4v) is 5.86. The molecule has 0 saturated heterocycles. The first-order chi connectivity index (χ1) is 20.3. The molecule has 0 saturated carbocycles. The minimum atomic E-state index is -4.42. The summed E-state index contributed by atoms with van der Waals surface area (Å²) < 4.78 is 53.2. The summed E-state index contributed by atoms with van der Waals surface area (Å²) >= 11 is 12.3. The molecule has 0 aliphatic rings. The number of hydrogen-bond acceptors (Lipinski definition) is 6. The Kier molecular flexibility index (Phi) is 11.7. The molecule has 13 heteroatoms. The van der Waals surface area contributed by atoms with Crippen molar-refractivity contribution in [2.24, 2.45) is 5.92 Å². The smallest absolute Gasteiger partial charge is 0.264 e. The van der Waals surface area contributed by atoms with E-state index in [2.05, 4.69) is 5.32 Å². The van der Waals surface area contributed by atoms with Crippen LogP contribution in [0.1, 0.15) is 26.3 Å². The van der Waals surface area contributed by atoms with Crippen LogP contribution in [0.15, 0.2) is 65.6 Å². The number of anilines is 1. The Balaban J connectivity index is 2.06. The molecule has 0 bridgehead atoms. The first kappa shape index (κ1) is 34.0. The zero-order valence-corrected chi connectivity index (χ0v) is 26.8. The van der Waals surface area contributed by atoms with Gasteiger partial charge in [0.15, 0.2) is 11.5 Å². The molecule has 232 valence electrons. The van der Waals surface area contributed by atoms with Gasteiger partial charge in [0.25, 0.3) is 10.0 Å². The molecule has 2 amide bonds. The number of carbonyl (C=O) groups is 2. The Morgan fingerprint density at radius 1 is 0.907 bits per heavy atom. The number of ether oxygens (including phenoxy) is 2. The van der Waals surface area contributed by atoms with Crippen LogP contribution in [0.25, 0.3) is 0 Å². The number of nitrogens with zero attached hydrogens (tertiary/aromatic N) is 2. The summed E-state index contributed by atoms with van der Waals surface area (Å²) in [6.07, 6.45) is 0. The van der Waals surface area contributed by atoms with Crippen molar-refractivity contribution in [3.8, 4) is 11.5 Å². The summed E-state index contributed by atoms with van der Waals surface area (Å²) in [6, 6.07) is 12.5.